The molecule has 7 heteroatoms. The third-order valence-electron chi connectivity index (χ3n) is 3.34. The maximum atomic E-state index is 11.7. The van der Waals surface area contributed by atoms with Gasteiger partial charge in [-0.1, -0.05) is 6.92 Å². The van der Waals surface area contributed by atoms with Gasteiger partial charge in [-0.15, -0.1) is 0 Å². The van der Waals surface area contributed by atoms with E-state index in [1.165, 1.54) is 4.31 Å². The summed E-state index contributed by atoms with van der Waals surface area (Å²) in [7, 11) is -3.10. The minimum Gasteiger partial charge on any atom is -0.352 e. The molecule has 0 aromatic rings. The molecule has 0 bridgehead atoms. The average Bonchev–Trinajstić information content (AvgIpc) is 2.38. The van der Waals surface area contributed by atoms with Crippen LogP contribution in [0.5, 0.6) is 0 Å². The number of sulfonamides is 1. The van der Waals surface area contributed by atoms with E-state index in [0.717, 1.165) is 0 Å². The molecule has 1 unspecified atom stereocenters. The highest BCUT2D eigenvalue weighted by atomic mass is 32.2. The van der Waals surface area contributed by atoms with Crippen LogP contribution in [0.2, 0.25) is 0 Å². The minimum atomic E-state index is -3.10. The van der Waals surface area contributed by atoms with E-state index in [-0.39, 0.29) is 17.7 Å². The van der Waals surface area contributed by atoms with Crippen molar-refractivity contribution in [2.45, 2.75) is 45.2 Å². The second kappa shape index (κ2) is 6.49. The third kappa shape index (κ3) is 3.93. The topological polar surface area (TPSA) is 92.5 Å². The number of nitrogens with zero attached hydrogens (tertiary/aromatic N) is 1. The predicted molar refractivity (Wildman–Crippen MR) is 70.5 cm³/mol. The Bertz CT molecular complexity index is 375. The Morgan fingerprint density at radius 3 is 2.39 bits per heavy atom. The van der Waals surface area contributed by atoms with Crippen molar-refractivity contribution in [1.82, 2.24) is 9.62 Å². The lowest BCUT2D eigenvalue weighted by Gasteiger charge is -2.31. The van der Waals surface area contributed by atoms with Crippen LogP contribution in [0.4, 0.5) is 0 Å². The van der Waals surface area contributed by atoms with Crippen LogP contribution in [0.25, 0.3) is 0 Å². The SMILES string of the molecule is CCC(N)C(=O)NC1CCN(S(=O)(=O)CC)CC1. The zero-order valence-electron chi connectivity index (χ0n) is 11.1. The molecule has 0 saturated carbocycles. The first kappa shape index (κ1) is 15.4. The predicted octanol–water partition coefficient (Wildman–Crippen LogP) is -0.346. The first-order valence-electron chi connectivity index (χ1n) is 6.44. The van der Waals surface area contributed by atoms with Gasteiger partial charge in [-0.05, 0) is 26.2 Å². The van der Waals surface area contributed by atoms with E-state index < -0.39 is 16.1 Å². The van der Waals surface area contributed by atoms with Crippen LogP contribution >= 0.6 is 0 Å². The van der Waals surface area contributed by atoms with E-state index in [1.54, 1.807) is 6.92 Å². The number of hydrogen-bond donors (Lipinski definition) is 2. The first-order valence-corrected chi connectivity index (χ1v) is 8.05. The zero-order valence-corrected chi connectivity index (χ0v) is 11.9. The molecule has 1 aliphatic rings. The van der Waals surface area contributed by atoms with Crippen molar-refractivity contribution >= 4 is 15.9 Å². The summed E-state index contributed by atoms with van der Waals surface area (Å²) in [6.07, 6.45) is 1.91. The Labute approximate surface area is 109 Å². The molecule has 106 valence electrons. The van der Waals surface area contributed by atoms with Gasteiger partial charge >= 0.3 is 0 Å². The molecule has 0 radical (unpaired) electrons. The van der Waals surface area contributed by atoms with E-state index in [0.29, 0.717) is 32.4 Å². The van der Waals surface area contributed by atoms with Gasteiger partial charge in [0.2, 0.25) is 15.9 Å². The summed E-state index contributed by atoms with van der Waals surface area (Å²) in [5.41, 5.74) is 5.63. The Balaban J connectivity index is 2.43. The Morgan fingerprint density at radius 1 is 1.39 bits per heavy atom. The van der Waals surface area contributed by atoms with Gasteiger partial charge in [0, 0.05) is 19.1 Å². The minimum absolute atomic E-state index is 0.0402. The number of nitrogens with one attached hydrogen (secondary N) is 1. The van der Waals surface area contributed by atoms with Crippen LogP contribution in [-0.4, -0.2) is 49.6 Å². The lowest BCUT2D eigenvalue weighted by atomic mass is 10.1. The van der Waals surface area contributed by atoms with E-state index >= 15 is 0 Å². The van der Waals surface area contributed by atoms with Crippen LogP contribution in [0.3, 0.4) is 0 Å². The second-order valence-electron chi connectivity index (χ2n) is 4.60. The molecule has 6 nitrogen and oxygen atoms in total. The number of nitrogens with two attached hydrogens (primary N) is 1. The molecule has 0 aromatic carbocycles. The molecule has 1 saturated heterocycles. The summed E-state index contributed by atoms with van der Waals surface area (Å²) in [6, 6.07) is -0.430. The highest BCUT2D eigenvalue weighted by molar-refractivity contribution is 7.89. The van der Waals surface area contributed by atoms with Crippen molar-refractivity contribution < 1.29 is 13.2 Å². The molecule has 1 heterocycles. The fraction of sp³-hybridized carbons (Fsp3) is 0.909. The van der Waals surface area contributed by atoms with Crippen LogP contribution in [0.15, 0.2) is 0 Å². The maximum absolute atomic E-state index is 11.7. The van der Waals surface area contributed by atoms with Gasteiger partial charge < -0.3 is 11.1 Å². The molecule has 1 rings (SSSR count). The second-order valence-corrected chi connectivity index (χ2v) is 6.85. The fourth-order valence-electron chi connectivity index (χ4n) is 1.95. The monoisotopic (exact) mass is 277 g/mol. The summed E-state index contributed by atoms with van der Waals surface area (Å²) < 4.78 is 24.8. The highest BCUT2D eigenvalue weighted by Gasteiger charge is 2.27. The van der Waals surface area contributed by atoms with Gasteiger partial charge in [0.15, 0.2) is 0 Å². The standard InChI is InChI=1S/C11H23N3O3S/c1-3-10(12)11(15)13-9-5-7-14(8-6-9)18(16,17)4-2/h9-10H,3-8,12H2,1-2H3,(H,13,15). The number of rotatable bonds is 5. The average molecular weight is 277 g/mol. The van der Waals surface area contributed by atoms with Crippen molar-refractivity contribution in [3.05, 3.63) is 0 Å². The van der Waals surface area contributed by atoms with Crippen molar-refractivity contribution in [1.29, 1.82) is 0 Å². The van der Waals surface area contributed by atoms with Crippen molar-refractivity contribution in [2.75, 3.05) is 18.8 Å². The normalized spacial score (nSPS) is 20.6. The van der Waals surface area contributed by atoms with Crippen LogP contribution in [0, 0.1) is 0 Å². The van der Waals surface area contributed by atoms with E-state index in [4.69, 9.17) is 5.73 Å². The Hall–Kier alpha value is -0.660. The Morgan fingerprint density at radius 2 is 1.94 bits per heavy atom. The highest BCUT2D eigenvalue weighted by Crippen LogP contribution is 2.14. The van der Waals surface area contributed by atoms with E-state index in [1.807, 2.05) is 6.92 Å². The van der Waals surface area contributed by atoms with Gasteiger partial charge in [-0.25, -0.2) is 12.7 Å². The lowest BCUT2D eigenvalue weighted by molar-refractivity contribution is -0.123. The number of carbonyl (C=O) groups is 1. The van der Waals surface area contributed by atoms with Gasteiger partial charge in [0.05, 0.1) is 11.8 Å². The molecule has 1 aliphatic heterocycles. The van der Waals surface area contributed by atoms with Crippen molar-refractivity contribution in [2.24, 2.45) is 5.73 Å². The largest absolute Gasteiger partial charge is 0.352 e. The quantitative estimate of drug-likeness (QED) is 0.718. The number of piperidine rings is 1. The Kier molecular flexibility index (Phi) is 5.55. The molecule has 3 N–H and O–H groups in total. The summed E-state index contributed by atoms with van der Waals surface area (Å²) >= 11 is 0. The van der Waals surface area contributed by atoms with Gasteiger partial charge in [-0.3, -0.25) is 4.79 Å². The summed E-state index contributed by atoms with van der Waals surface area (Å²) in [6.45, 7) is 4.45. The molecule has 18 heavy (non-hydrogen) atoms. The molecule has 1 fully saturated rings. The molecule has 1 atom stereocenters. The molecule has 0 aromatic heterocycles. The van der Waals surface area contributed by atoms with Crippen LogP contribution in [0.1, 0.15) is 33.1 Å². The zero-order chi connectivity index (χ0) is 13.8. The maximum Gasteiger partial charge on any atom is 0.237 e. The summed E-state index contributed by atoms with van der Waals surface area (Å²) in [5.74, 6) is -0.0145. The van der Waals surface area contributed by atoms with Gasteiger partial charge in [0.25, 0.3) is 0 Å². The van der Waals surface area contributed by atoms with Crippen molar-refractivity contribution in [3.63, 3.8) is 0 Å². The fourth-order valence-corrected chi connectivity index (χ4v) is 3.09. The molecule has 1 amide bonds. The van der Waals surface area contributed by atoms with Crippen LogP contribution in [-0.2, 0) is 14.8 Å². The number of hydrogen-bond acceptors (Lipinski definition) is 4. The third-order valence-corrected chi connectivity index (χ3v) is 5.22. The van der Waals surface area contributed by atoms with Gasteiger partial charge in [-0.2, -0.15) is 0 Å². The van der Waals surface area contributed by atoms with E-state index in [2.05, 4.69) is 5.32 Å². The molecular weight excluding hydrogens is 254 g/mol. The number of carbonyl (C=O) groups excluding carboxylic acids is 1. The van der Waals surface area contributed by atoms with Crippen LogP contribution < -0.4 is 11.1 Å². The molecule has 0 spiro atoms. The summed E-state index contributed by atoms with van der Waals surface area (Å²) in [5, 5.41) is 2.87. The van der Waals surface area contributed by atoms with E-state index in [9.17, 15) is 13.2 Å². The smallest absolute Gasteiger partial charge is 0.237 e. The van der Waals surface area contributed by atoms with Crippen molar-refractivity contribution in [3.8, 4) is 0 Å². The molecule has 0 aliphatic carbocycles. The molecular formula is C11H23N3O3S. The first-order chi connectivity index (χ1) is 8.40. The lowest BCUT2D eigenvalue weighted by Crippen LogP contribution is -2.50. The number of amides is 1. The van der Waals surface area contributed by atoms with Gasteiger partial charge in [0.1, 0.15) is 0 Å². The summed E-state index contributed by atoms with van der Waals surface area (Å²) in [4.78, 5) is 11.6.